The molecule has 2 aliphatic rings. The summed E-state index contributed by atoms with van der Waals surface area (Å²) in [7, 11) is 0. The molecule has 2 heterocycles. The molecule has 0 aromatic heterocycles. The van der Waals surface area contributed by atoms with Crippen LogP contribution < -0.4 is 21.1 Å². The van der Waals surface area contributed by atoms with Crippen LogP contribution in [0.1, 0.15) is 35.9 Å². The van der Waals surface area contributed by atoms with Gasteiger partial charge >= 0.3 is 0 Å². The van der Waals surface area contributed by atoms with Gasteiger partial charge in [0.15, 0.2) is 5.96 Å². The summed E-state index contributed by atoms with van der Waals surface area (Å²) in [5, 5.41) is 6.19. The Morgan fingerprint density at radius 3 is 2.78 bits per heavy atom. The Balaban J connectivity index is 0.00000210. The monoisotopic (exact) mass is 478 g/mol. The van der Waals surface area contributed by atoms with E-state index in [1.54, 1.807) is 0 Å². The normalized spacial score (nSPS) is 20.6. The largest absolute Gasteiger partial charge is 0.493 e. The molecule has 2 aromatic rings. The number of amides is 1. The average molecular weight is 478 g/mol. The van der Waals surface area contributed by atoms with Crippen LogP contribution in [0.5, 0.6) is 5.75 Å². The highest BCUT2D eigenvalue weighted by molar-refractivity contribution is 14.0. The summed E-state index contributed by atoms with van der Waals surface area (Å²) < 4.78 is 5.66. The number of hydrogen-bond donors (Lipinski definition) is 3. The Morgan fingerprint density at radius 1 is 1.19 bits per heavy atom. The van der Waals surface area contributed by atoms with Crippen LogP contribution in [0.25, 0.3) is 0 Å². The highest BCUT2D eigenvalue weighted by Crippen LogP contribution is 2.34. The Bertz CT molecular complexity index is 855. The van der Waals surface area contributed by atoms with E-state index >= 15 is 0 Å². The second kappa shape index (κ2) is 8.60. The molecular weight excluding hydrogens is 455 g/mol. The maximum absolute atomic E-state index is 12.1. The van der Waals surface area contributed by atoms with Crippen LogP contribution in [0.4, 0.5) is 5.69 Å². The lowest BCUT2D eigenvalue weighted by Crippen LogP contribution is -2.37. The number of hydrogen-bond acceptors (Lipinski definition) is 3. The molecule has 0 saturated heterocycles. The SMILES string of the molecule is I.NC(=NCCC1C(=O)Nc2ccccc21)NC1CCOc2ccccc21. The molecule has 0 bridgehead atoms. The first kappa shape index (κ1) is 19.5. The highest BCUT2D eigenvalue weighted by atomic mass is 127. The molecule has 2 atom stereocenters. The zero-order valence-corrected chi connectivity index (χ0v) is 17.2. The summed E-state index contributed by atoms with van der Waals surface area (Å²) in [6, 6.07) is 15.8. The minimum absolute atomic E-state index is 0. The van der Waals surface area contributed by atoms with Gasteiger partial charge in [0, 0.05) is 24.2 Å². The number of ether oxygens (including phenoxy) is 1. The van der Waals surface area contributed by atoms with Crippen LogP contribution in [0.2, 0.25) is 0 Å². The molecule has 6 nitrogen and oxygen atoms in total. The van der Waals surface area contributed by atoms with Gasteiger partial charge < -0.3 is 21.1 Å². The zero-order valence-electron chi connectivity index (χ0n) is 14.9. The quantitative estimate of drug-likeness (QED) is 0.358. The molecule has 0 saturated carbocycles. The van der Waals surface area contributed by atoms with E-state index in [0.717, 1.165) is 29.0 Å². The molecule has 1 amide bonds. The Morgan fingerprint density at radius 2 is 1.93 bits per heavy atom. The molecule has 7 heteroatoms. The van der Waals surface area contributed by atoms with Crippen molar-refractivity contribution in [3.05, 3.63) is 59.7 Å². The number of nitrogens with one attached hydrogen (secondary N) is 2. The van der Waals surface area contributed by atoms with Gasteiger partial charge in [0.2, 0.25) is 5.91 Å². The highest BCUT2D eigenvalue weighted by Gasteiger charge is 2.29. The first-order valence-corrected chi connectivity index (χ1v) is 8.90. The first-order chi connectivity index (χ1) is 12.7. The Kier molecular flexibility index (Phi) is 6.20. The number of guanidine groups is 1. The van der Waals surface area contributed by atoms with Gasteiger partial charge in [0.25, 0.3) is 0 Å². The maximum atomic E-state index is 12.1. The van der Waals surface area contributed by atoms with Crippen molar-refractivity contribution in [3.63, 3.8) is 0 Å². The van der Waals surface area contributed by atoms with Crippen molar-refractivity contribution in [2.45, 2.75) is 24.8 Å². The van der Waals surface area contributed by atoms with E-state index in [9.17, 15) is 4.79 Å². The smallest absolute Gasteiger partial charge is 0.232 e. The Hall–Kier alpha value is -2.29. The van der Waals surface area contributed by atoms with Crippen molar-refractivity contribution in [2.75, 3.05) is 18.5 Å². The molecule has 4 rings (SSSR count). The first-order valence-electron chi connectivity index (χ1n) is 8.90. The van der Waals surface area contributed by atoms with Crippen LogP contribution in [-0.4, -0.2) is 25.0 Å². The van der Waals surface area contributed by atoms with Crippen LogP contribution in [0.15, 0.2) is 53.5 Å². The van der Waals surface area contributed by atoms with Crippen LogP contribution in [0, 0.1) is 0 Å². The number of rotatable bonds is 4. The van der Waals surface area contributed by atoms with Gasteiger partial charge in [-0.25, -0.2) is 0 Å². The van der Waals surface area contributed by atoms with E-state index in [1.165, 1.54) is 0 Å². The lowest BCUT2D eigenvalue weighted by molar-refractivity contribution is -0.117. The molecule has 2 aliphatic heterocycles. The predicted octanol–water partition coefficient (Wildman–Crippen LogP) is 3.16. The summed E-state index contributed by atoms with van der Waals surface area (Å²) in [5.41, 5.74) is 9.11. The summed E-state index contributed by atoms with van der Waals surface area (Å²) in [6.07, 6.45) is 1.47. The van der Waals surface area contributed by atoms with Crippen LogP contribution in [-0.2, 0) is 4.79 Å². The fourth-order valence-corrected chi connectivity index (χ4v) is 3.59. The number of benzene rings is 2. The van der Waals surface area contributed by atoms with E-state index in [-0.39, 0.29) is 41.8 Å². The van der Waals surface area contributed by atoms with Crippen molar-refractivity contribution in [1.82, 2.24) is 5.32 Å². The van der Waals surface area contributed by atoms with Crippen LogP contribution >= 0.6 is 24.0 Å². The number of carbonyl (C=O) groups is 1. The minimum Gasteiger partial charge on any atom is -0.493 e. The van der Waals surface area contributed by atoms with E-state index in [4.69, 9.17) is 10.5 Å². The van der Waals surface area contributed by atoms with Crippen molar-refractivity contribution >= 4 is 41.5 Å². The molecule has 0 spiro atoms. The standard InChI is InChI=1S/C20H22N4O2.HI/c21-20(24-17-10-12-26-18-8-4-2-6-15(17)18)22-11-9-14-13-5-1-3-7-16(13)23-19(14)25;/h1-8,14,17H,9-12H2,(H,23,25)(H3,21,22,24);1H. The van der Waals surface area contributed by atoms with E-state index in [1.807, 2.05) is 48.5 Å². The van der Waals surface area contributed by atoms with Gasteiger partial charge in [-0.3, -0.25) is 9.79 Å². The molecule has 2 unspecified atom stereocenters. The third-order valence-electron chi connectivity index (χ3n) is 4.89. The number of para-hydroxylation sites is 2. The van der Waals surface area contributed by atoms with E-state index in [0.29, 0.717) is 25.5 Å². The summed E-state index contributed by atoms with van der Waals surface area (Å²) in [6.45, 7) is 1.15. The minimum atomic E-state index is -0.161. The molecule has 0 fully saturated rings. The zero-order chi connectivity index (χ0) is 17.9. The van der Waals surface area contributed by atoms with Gasteiger partial charge in [0.05, 0.1) is 18.6 Å². The number of carbonyl (C=O) groups excluding carboxylic acids is 1. The number of nitrogens with two attached hydrogens (primary N) is 1. The fraction of sp³-hybridized carbons (Fsp3) is 0.300. The predicted molar refractivity (Wildman–Crippen MR) is 117 cm³/mol. The number of halogens is 1. The second-order valence-corrected chi connectivity index (χ2v) is 6.56. The summed E-state index contributed by atoms with van der Waals surface area (Å²) in [4.78, 5) is 16.6. The second-order valence-electron chi connectivity index (χ2n) is 6.56. The Labute approximate surface area is 175 Å². The van der Waals surface area contributed by atoms with Crippen molar-refractivity contribution in [2.24, 2.45) is 10.7 Å². The van der Waals surface area contributed by atoms with Crippen molar-refractivity contribution in [1.29, 1.82) is 0 Å². The van der Waals surface area contributed by atoms with E-state index < -0.39 is 0 Å². The summed E-state index contributed by atoms with van der Waals surface area (Å²) in [5.74, 6) is 1.17. The van der Waals surface area contributed by atoms with Crippen molar-refractivity contribution in [3.8, 4) is 5.75 Å². The molecule has 0 aliphatic carbocycles. The lowest BCUT2D eigenvalue weighted by atomic mass is 9.97. The van der Waals surface area contributed by atoms with E-state index in [2.05, 4.69) is 15.6 Å². The van der Waals surface area contributed by atoms with Gasteiger partial charge in [-0.2, -0.15) is 0 Å². The van der Waals surface area contributed by atoms with Gasteiger partial charge in [-0.15, -0.1) is 24.0 Å². The number of aliphatic imine (C=N–C) groups is 1. The van der Waals surface area contributed by atoms with Crippen molar-refractivity contribution < 1.29 is 9.53 Å². The molecule has 0 radical (unpaired) electrons. The molecule has 27 heavy (non-hydrogen) atoms. The third kappa shape index (κ3) is 4.18. The third-order valence-corrected chi connectivity index (χ3v) is 4.89. The summed E-state index contributed by atoms with van der Waals surface area (Å²) >= 11 is 0. The molecule has 142 valence electrons. The maximum Gasteiger partial charge on any atom is 0.232 e. The van der Waals surface area contributed by atoms with Gasteiger partial charge in [-0.05, 0) is 24.1 Å². The fourth-order valence-electron chi connectivity index (χ4n) is 3.59. The topological polar surface area (TPSA) is 88.7 Å². The average Bonchev–Trinajstić information content (AvgIpc) is 2.98. The number of anilines is 1. The number of nitrogens with zero attached hydrogens (tertiary/aromatic N) is 1. The molecule has 2 aromatic carbocycles. The van der Waals surface area contributed by atoms with Crippen LogP contribution in [0.3, 0.4) is 0 Å². The van der Waals surface area contributed by atoms with Gasteiger partial charge in [-0.1, -0.05) is 36.4 Å². The molecular formula is C20H23IN4O2. The number of fused-ring (bicyclic) bond motifs is 2. The van der Waals surface area contributed by atoms with Gasteiger partial charge in [0.1, 0.15) is 5.75 Å². The molecule has 4 N–H and O–H groups in total. The lowest BCUT2D eigenvalue weighted by Gasteiger charge is -2.27.